The van der Waals surface area contributed by atoms with Crippen molar-refractivity contribution in [2.75, 3.05) is 39.8 Å². The summed E-state index contributed by atoms with van der Waals surface area (Å²) in [7, 11) is 2.15. The molecule has 2 rings (SSSR count). The quantitative estimate of drug-likeness (QED) is 0.546. The highest BCUT2D eigenvalue weighted by molar-refractivity contribution is 4.91. The monoisotopic (exact) mass is 199 g/mol. The molecule has 4 nitrogen and oxygen atoms in total. The van der Waals surface area contributed by atoms with Crippen LogP contribution in [0.4, 0.5) is 0 Å². The molecule has 0 aromatic heterocycles. The molecule has 0 saturated carbocycles. The van der Waals surface area contributed by atoms with Gasteiger partial charge in [-0.1, -0.05) is 0 Å². The van der Waals surface area contributed by atoms with Crippen LogP contribution in [0.25, 0.3) is 0 Å². The van der Waals surface area contributed by atoms with Crippen LogP contribution in [0.5, 0.6) is 0 Å². The van der Waals surface area contributed by atoms with Gasteiger partial charge in [0.1, 0.15) is 0 Å². The predicted octanol–water partition coefficient (Wildman–Crippen LogP) is -0.995. The Morgan fingerprint density at radius 1 is 1.64 bits per heavy atom. The molecule has 0 radical (unpaired) electrons. The molecular weight excluding hydrogens is 178 g/mol. The van der Waals surface area contributed by atoms with Crippen LogP contribution in [0, 0.1) is 0 Å². The van der Waals surface area contributed by atoms with Gasteiger partial charge >= 0.3 is 0 Å². The largest absolute Gasteiger partial charge is 0.387 e. The zero-order chi connectivity index (χ0) is 10.0. The molecule has 0 spiro atoms. The van der Waals surface area contributed by atoms with Crippen molar-refractivity contribution in [1.82, 2.24) is 15.5 Å². The fourth-order valence-electron chi connectivity index (χ4n) is 2.32. The predicted molar refractivity (Wildman–Crippen MR) is 56.3 cm³/mol. The van der Waals surface area contributed by atoms with Gasteiger partial charge < -0.3 is 20.6 Å². The fraction of sp³-hybridized carbons (Fsp3) is 1.00. The Labute approximate surface area is 85.7 Å². The van der Waals surface area contributed by atoms with Crippen molar-refractivity contribution in [2.45, 2.75) is 24.5 Å². The molecule has 2 saturated heterocycles. The van der Waals surface area contributed by atoms with Crippen LogP contribution < -0.4 is 10.6 Å². The van der Waals surface area contributed by atoms with Gasteiger partial charge in [0, 0.05) is 25.7 Å². The molecule has 2 aliphatic heterocycles. The number of likely N-dealkylation sites (tertiary alicyclic amines) is 1. The van der Waals surface area contributed by atoms with Gasteiger partial charge in [0.25, 0.3) is 0 Å². The number of likely N-dealkylation sites (N-methyl/N-ethyl adjacent to an activating group) is 1. The number of aliphatic hydroxyl groups is 1. The summed E-state index contributed by atoms with van der Waals surface area (Å²) in [5.74, 6) is 0. The van der Waals surface area contributed by atoms with Crippen molar-refractivity contribution in [3.8, 4) is 0 Å². The fourth-order valence-corrected chi connectivity index (χ4v) is 2.32. The maximum Gasteiger partial charge on any atom is 0.0907 e. The van der Waals surface area contributed by atoms with E-state index in [0.717, 1.165) is 32.6 Å². The second kappa shape index (κ2) is 4.14. The molecule has 0 aromatic rings. The molecule has 2 heterocycles. The highest BCUT2D eigenvalue weighted by Crippen LogP contribution is 2.14. The van der Waals surface area contributed by atoms with Crippen LogP contribution in [0.15, 0.2) is 0 Å². The summed E-state index contributed by atoms with van der Waals surface area (Å²) in [5, 5.41) is 16.7. The third kappa shape index (κ3) is 2.45. The summed E-state index contributed by atoms with van der Waals surface area (Å²) < 4.78 is 0. The van der Waals surface area contributed by atoms with Crippen LogP contribution >= 0.6 is 0 Å². The van der Waals surface area contributed by atoms with E-state index < -0.39 is 5.60 Å². The van der Waals surface area contributed by atoms with Gasteiger partial charge in [-0.15, -0.1) is 0 Å². The molecule has 2 unspecified atom stereocenters. The lowest BCUT2D eigenvalue weighted by atomic mass is 10.0. The SMILES string of the molecule is CN1CCC(NCC2(O)CCNC2)C1. The third-order valence-electron chi connectivity index (χ3n) is 3.33. The maximum absolute atomic E-state index is 10.1. The Morgan fingerprint density at radius 2 is 2.50 bits per heavy atom. The summed E-state index contributed by atoms with van der Waals surface area (Å²) in [6.45, 7) is 4.71. The highest BCUT2D eigenvalue weighted by atomic mass is 16.3. The third-order valence-corrected chi connectivity index (χ3v) is 3.33. The molecular formula is C10H21N3O. The maximum atomic E-state index is 10.1. The smallest absolute Gasteiger partial charge is 0.0907 e. The first kappa shape index (κ1) is 10.4. The Morgan fingerprint density at radius 3 is 3.07 bits per heavy atom. The Hall–Kier alpha value is -0.160. The first-order valence-corrected chi connectivity index (χ1v) is 5.53. The van der Waals surface area contributed by atoms with Crippen molar-refractivity contribution in [1.29, 1.82) is 0 Å². The van der Waals surface area contributed by atoms with E-state index in [1.807, 2.05) is 0 Å². The van der Waals surface area contributed by atoms with Gasteiger partial charge in [-0.3, -0.25) is 0 Å². The van der Waals surface area contributed by atoms with Crippen molar-refractivity contribution in [2.24, 2.45) is 0 Å². The second-order valence-electron chi connectivity index (χ2n) is 4.78. The Bertz CT molecular complexity index is 192. The summed E-state index contributed by atoms with van der Waals surface area (Å²) in [4.78, 5) is 2.33. The minimum atomic E-state index is -0.499. The molecule has 0 amide bonds. The number of rotatable bonds is 3. The number of hydrogen-bond acceptors (Lipinski definition) is 4. The molecule has 3 N–H and O–H groups in total. The van der Waals surface area contributed by atoms with Crippen LogP contribution in [0.3, 0.4) is 0 Å². The summed E-state index contributed by atoms with van der Waals surface area (Å²) in [6.07, 6.45) is 2.09. The van der Waals surface area contributed by atoms with Crippen LogP contribution in [0.1, 0.15) is 12.8 Å². The Balaban J connectivity index is 1.71. The van der Waals surface area contributed by atoms with Gasteiger partial charge in [0.2, 0.25) is 0 Å². The minimum absolute atomic E-state index is 0.499. The van der Waals surface area contributed by atoms with Gasteiger partial charge in [-0.25, -0.2) is 0 Å². The minimum Gasteiger partial charge on any atom is -0.387 e. The van der Waals surface area contributed by atoms with E-state index >= 15 is 0 Å². The second-order valence-corrected chi connectivity index (χ2v) is 4.78. The summed E-state index contributed by atoms with van der Waals surface area (Å²) in [6, 6.07) is 0.574. The first-order valence-electron chi connectivity index (χ1n) is 5.53. The van der Waals surface area contributed by atoms with Crippen LogP contribution in [0.2, 0.25) is 0 Å². The van der Waals surface area contributed by atoms with Gasteiger partial charge in [-0.2, -0.15) is 0 Å². The average molecular weight is 199 g/mol. The van der Waals surface area contributed by atoms with Crippen molar-refractivity contribution < 1.29 is 5.11 Å². The zero-order valence-electron chi connectivity index (χ0n) is 8.92. The number of β-amino-alcohol motifs (C(OH)–C–C–N with tert-alkyl or cyclic N) is 1. The topological polar surface area (TPSA) is 47.5 Å². The van der Waals surface area contributed by atoms with E-state index in [4.69, 9.17) is 0 Å². The molecule has 2 aliphatic rings. The van der Waals surface area contributed by atoms with E-state index in [1.165, 1.54) is 13.0 Å². The Kier molecular flexibility index (Phi) is 3.07. The number of nitrogens with one attached hydrogen (secondary N) is 2. The van der Waals surface area contributed by atoms with E-state index in [0.29, 0.717) is 6.04 Å². The highest BCUT2D eigenvalue weighted by Gasteiger charge is 2.32. The van der Waals surface area contributed by atoms with E-state index in [1.54, 1.807) is 0 Å². The number of hydrogen-bond donors (Lipinski definition) is 3. The van der Waals surface area contributed by atoms with Crippen LogP contribution in [-0.4, -0.2) is 61.4 Å². The standard InChI is InChI=1S/C10H21N3O/c1-13-5-2-9(6-13)12-8-10(14)3-4-11-7-10/h9,11-12,14H,2-8H2,1H3. The molecule has 14 heavy (non-hydrogen) atoms. The summed E-state index contributed by atoms with van der Waals surface area (Å²) >= 11 is 0. The van der Waals surface area contributed by atoms with E-state index in [2.05, 4.69) is 22.6 Å². The normalized spacial score (nSPS) is 39.4. The molecule has 82 valence electrons. The van der Waals surface area contributed by atoms with Crippen molar-refractivity contribution >= 4 is 0 Å². The van der Waals surface area contributed by atoms with Gasteiger partial charge in [0.05, 0.1) is 5.60 Å². The number of nitrogens with zero attached hydrogens (tertiary/aromatic N) is 1. The van der Waals surface area contributed by atoms with Crippen molar-refractivity contribution in [3.05, 3.63) is 0 Å². The van der Waals surface area contributed by atoms with Crippen LogP contribution in [-0.2, 0) is 0 Å². The molecule has 0 aromatic carbocycles. The summed E-state index contributed by atoms with van der Waals surface area (Å²) in [5.41, 5.74) is -0.499. The van der Waals surface area contributed by atoms with Crippen molar-refractivity contribution in [3.63, 3.8) is 0 Å². The van der Waals surface area contributed by atoms with E-state index in [-0.39, 0.29) is 0 Å². The zero-order valence-corrected chi connectivity index (χ0v) is 8.92. The first-order chi connectivity index (χ1) is 6.68. The van der Waals surface area contributed by atoms with E-state index in [9.17, 15) is 5.11 Å². The van der Waals surface area contributed by atoms with Gasteiger partial charge in [-0.05, 0) is 33.0 Å². The molecule has 2 fully saturated rings. The molecule has 0 bridgehead atoms. The molecule has 2 atom stereocenters. The lowest BCUT2D eigenvalue weighted by Gasteiger charge is -2.24. The molecule has 4 heteroatoms. The molecule has 0 aliphatic carbocycles. The lowest BCUT2D eigenvalue weighted by Crippen LogP contribution is -2.46. The lowest BCUT2D eigenvalue weighted by molar-refractivity contribution is 0.0584. The van der Waals surface area contributed by atoms with Gasteiger partial charge in [0.15, 0.2) is 0 Å². The average Bonchev–Trinajstić information content (AvgIpc) is 2.73.